The molecule has 14 bridgehead atoms. The maximum atomic E-state index is 15.5. The van der Waals surface area contributed by atoms with Crippen LogP contribution in [-0.2, 0) is 43.2 Å². The van der Waals surface area contributed by atoms with Gasteiger partial charge in [0.2, 0.25) is 0 Å². The zero-order valence-electron chi connectivity index (χ0n) is 52.3. The molecule has 0 unspecified atom stereocenters. The van der Waals surface area contributed by atoms with E-state index in [-0.39, 0.29) is 95.6 Å². The number of fused-ring (bicyclic) bond motifs is 5. The van der Waals surface area contributed by atoms with Crippen LogP contribution in [0.1, 0.15) is 150 Å². The molecule has 16 rings (SSSR count). The predicted octanol–water partition coefficient (Wildman–Crippen LogP) is 11.9. The Morgan fingerprint density at radius 1 is 0.809 bits per heavy atom. The molecule has 2 saturated heterocycles. The van der Waals surface area contributed by atoms with E-state index in [0.29, 0.717) is 67.7 Å². The van der Waals surface area contributed by atoms with Gasteiger partial charge in [0.1, 0.15) is 23.6 Å². The molecule has 1 spiro atoms. The number of β-amino-alcohol motifs (C(OH)–C–C–N with tert-alkyl or cyclic N) is 1. The van der Waals surface area contributed by atoms with E-state index in [1.54, 1.807) is 6.07 Å². The Hall–Kier alpha value is -6.43. The topological polar surface area (TPSA) is 178 Å². The number of phenols is 1. The number of nitrogens with one attached hydrogen (secondary N) is 4. The molecule has 6 heterocycles. The summed E-state index contributed by atoms with van der Waals surface area (Å²) in [6.07, 6.45) is 19.1. The van der Waals surface area contributed by atoms with Crippen molar-refractivity contribution in [3.63, 3.8) is 0 Å². The Morgan fingerprint density at radius 3 is 2.46 bits per heavy atom. The molecular formula is C77H90N4O8. The second-order valence-corrected chi connectivity index (χ2v) is 28.8. The van der Waals surface area contributed by atoms with Crippen molar-refractivity contribution in [2.45, 2.75) is 159 Å². The second kappa shape index (κ2) is 24.3. The van der Waals surface area contributed by atoms with Crippen LogP contribution in [-0.4, -0.2) is 77.6 Å². The summed E-state index contributed by atoms with van der Waals surface area (Å²) >= 11 is 0. The van der Waals surface area contributed by atoms with Crippen LogP contribution in [0.15, 0.2) is 137 Å². The van der Waals surface area contributed by atoms with Gasteiger partial charge in [0.05, 0.1) is 34.3 Å². The molecule has 4 aromatic carbocycles. The molecule has 0 amide bonds. The summed E-state index contributed by atoms with van der Waals surface area (Å²) in [5.74, 6) is 6.96. The third-order valence-corrected chi connectivity index (χ3v) is 23.9. The normalized spacial score (nSPS) is 34.7. The van der Waals surface area contributed by atoms with Crippen molar-refractivity contribution in [3.05, 3.63) is 165 Å². The number of aldehydes is 1. The number of carbonyl (C=O) groups excluding carboxylic acids is 3. The fourth-order valence-electron chi connectivity index (χ4n) is 19.4. The fraction of sp³-hybridized carbons (Fsp3) is 0.519. The minimum absolute atomic E-state index is 0.00856. The highest BCUT2D eigenvalue weighted by Crippen LogP contribution is 2.72. The fourth-order valence-corrected chi connectivity index (χ4v) is 19.4. The number of esters is 2. The molecule has 466 valence electrons. The Labute approximate surface area is 525 Å². The smallest absolute Gasteiger partial charge is 0.340 e. The van der Waals surface area contributed by atoms with Crippen LogP contribution >= 0.6 is 0 Å². The Kier molecular flexibility index (Phi) is 16.4. The third-order valence-electron chi connectivity index (χ3n) is 23.9. The first-order chi connectivity index (χ1) is 43.2. The van der Waals surface area contributed by atoms with E-state index >= 15 is 9.59 Å². The van der Waals surface area contributed by atoms with Crippen molar-refractivity contribution in [2.75, 3.05) is 26.7 Å². The van der Waals surface area contributed by atoms with Crippen molar-refractivity contribution >= 4 is 23.8 Å². The van der Waals surface area contributed by atoms with Crippen LogP contribution in [0.2, 0.25) is 0 Å². The summed E-state index contributed by atoms with van der Waals surface area (Å²) in [7, 11) is 2.04. The number of hydrogen-bond acceptors (Lipinski definition) is 12. The molecule has 14 atom stereocenters. The van der Waals surface area contributed by atoms with Gasteiger partial charge in [-0.05, 0) is 239 Å². The molecule has 0 aromatic heterocycles. The minimum atomic E-state index is -1.35. The number of rotatable bonds is 9. The van der Waals surface area contributed by atoms with Gasteiger partial charge in [-0.2, -0.15) is 0 Å². The summed E-state index contributed by atoms with van der Waals surface area (Å²) in [6, 6.07) is 33.6. The minimum Gasteiger partial charge on any atom is -0.508 e. The summed E-state index contributed by atoms with van der Waals surface area (Å²) in [5.41, 5.74) is 7.17. The average molecular weight is 1200 g/mol. The van der Waals surface area contributed by atoms with Crippen LogP contribution in [0.3, 0.4) is 0 Å². The van der Waals surface area contributed by atoms with Crippen molar-refractivity contribution in [3.8, 4) is 28.7 Å². The lowest BCUT2D eigenvalue weighted by Gasteiger charge is -2.56. The monoisotopic (exact) mass is 1200 g/mol. The molecule has 5 fully saturated rings. The molecule has 0 radical (unpaired) electrons. The first-order valence-corrected chi connectivity index (χ1v) is 33.9. The van der Waals surface area contributed by atoms with E-state index in [1.807, 2.05) is 32.2 Å². The molecule has 6 aliphatic carbocycles. The van der Waals surface area contributed by atoms with Gasteiger partial charge in [-0.3, -0.25) is 0 Å². The van der Waals surface area contributed by atoms with Crippen LogP contribution in [0.25, 0.3) is 16.7 Å². The van der Waals surface area contributed by atoms with Crippen LogP contribution in [0, 0.1) is 75.9 Å². The molecule has 12 nitrogen and oxygen atoms in total. The van der Waals surface area contributed by atoms with E-state index in [4.69, 9.17) is 9.47 Å². The molecule has 4 aromatic rings. The predicted molar refractivity (Wildman–Crippen MR) is 345 cm³/mol. The van der Waals surface area contributed by atoms with Crippen molar-refractivity contribution in [1.29, 1.82) is 0 Å². The Bertz CT molecular complexity index is 3600. The second-order valence-electron chi connectivity index (χ2n) is 28.8. The largest absolute Gasteiger partial charge is 0.508 e. The van der Waals surface area contributed by atoms with E-state index in [0.717, 1.165) is 129 Å². The van der Waals surface area contributed by atoms with E-state index in [9.17, 15) is 20.1 Å². The van der Waals surface area contributed by atoms with Gasteiger partial charge >= 0.3 is 11.9 Å². The number of aliphatic hydroxyl groups is 2. The lowest BCUT2D eigenvalue weighted by Crippen LogP contribution is -2.52. The van der Waals surface area contributed by atoms with Crippen LogP contribution in [0.4, 0.5) is 0 Å². The number of piperidine rings is 1. The van der Waals surface area contributed by atoms with Gasteiger partial charge in [0.15, 0.2) is 0 Å². The van der Waals surface area contributed by atoms with Crippen molar-refractivity contribution < 1.29 is 39.2 Å². The molecule has 7 N–H and O–H groups in total. The lowest BCUT2D eigenvalue weighted by atomic mass is 9.44. The number of carbonyl (C=O) groups is 3. The maximum absolute atomic E-state index is 15.5. The quantitative estimate of drug-likeness (QED) is 0.0480. The van der Waals surface area contributed by atoms with Gasteiger partial charge in [-0.15, -0.1) is 0 Å². The van der Waals surface area contributed by atoms with Crippen molar-refractivity contribution in [1.82, 2.24) is 21.3 Å². The number of ether oxygens (including phenoxy) is 2. The Morgan fingerprint density at radius 2 is 1.64 bits per heavy atom. The summed E-state index contributed by atoms with van der Waals surface area (Å²) in [6.45, 7) is 6.46. The van der Waals surface area contributed by atoms with E-state index in [2.05, 4.69) is 125 Å². The first kappa shape index (κ1) is 60.2. The highest BCUT2D eigenvalue weighted by Gasteiger charge is 2.69. The van der Waals surface area contributed by atoms with Gasteiger partial charge in [-0.1, -0.05) is 110 Å². The molecule has 12 heteroatoms. The first-order valence-electron chi connectivity index (χ1n) is 33.9. The number of phenolic OH excluding ortho intramolecular Hbond substituents is 1. The summed E-state index contributed by atoms with van der Waals surface area (Å²) in [4.78, 5) is 43.4. The summed E-state index contributed by atoms with van der Waals surface area (Å²) in [5, 5.41) is 52.1. The Balaban J connectivity index is 0.952. The molecule has 12 aliphatic rings. The van der Waals surface area contributed by atoms with Crippen molar-refractivity contribution in [2.24, 2.45) is 64.1 Å². The average Bonchev–Trinajstić information content (AvgIpc) is 1.67. The zero-order valence-corrected chi connectivity index (χ0v) is 52.3. The lowest BCUT2D eigenvalue weighted by molar-refractivity contribution is -0.135. The number of allylic oxidation sites excluding steroid dienone is 5. The zero-order chi connectivity index (χ0) is 61.2. The van der Waals surface area contributed by atoms with Crippen LogP contribution in [0.5, 0.6) is 5.75 Å². The number of benzene rings is 4. The molecule has 89 heavy (non-hydrogen) atoms. The van der Waals surface area contributed by atoms with Crippen LogP contribution < -0.4 is 21.3 Å². The number of aromatic hydroxyl groups is 1. The molecule has 6 aliphatic heterocycles. The van der Waals surface area contributed by atoms with Gasteiger partial charge in [-0.25, -0.2) is 9.59 Å². The number of cyclic esters (lactones) is 1. The highest BCUT2D eigenvalue weighted by molar-refractivity contribution is 6.07. The standard InChI is InChI=1S/C77H90N4O8/c1-4-47(36-48-12-6-5-7-13-48)39-65-77-32-24-59-60-22-23-61-64(88-72(84)68(61)69(60)77)25-31-75(55-27-34-80-66(41-55)78-3)43-53-40-56(76(87)29-8-9-30-76)19-18-54(28-35-82)74(2,86)46-81-71(63(53)44-75)52-17-10-14-49(37-52)26-33-79-45-50-15-11-16-51(38-50)58-21-20-57(83)42-62(58)67(59)70(77)73(85)89-65/h5-7,10-17,20-21,25,35,37-39,42,47,53-56,59-60,63,66,69,71,78-81,83,86-87H,4,8-9,22-24,26-34,36,40-41,43-46H2,1-3H3/b64-25?,65-39-/t47-,53-,54-,55-,56-,59+,60-,63+,66-,69+,71+,74+,75+,77+/m0/s1. The SMILES string of the molecule is CC[C@H](/C=C1\OC(=O)C2=C3c4cc(O)ccc4-c4cccc(c4)CNCCc4cccc(c4)[C@H]4NC[C@@](C)(O)[C@H](CC=O)C#C[C@H](C5(O)CCCC5)C[C@H]5C[C@]([C@H]6CCN[C@H](NC)C6)(CC=C6OC(=O)C7=C6CC[C@H]6[C@H]3CC[C@@]21[C@@H]76)C[C@H]54)Cc1ccccc1. The van der Waals surface area contributed by atoms with E-state index in [1.165, 1.54) is 11.1 Å². The van der Waals surface area contributed by atoms with E-state index < -0.39 is 22.5 Å². The van der Waals surface area contributed by atoms with Gasteiger partial charge in [0, 0.05) is 48.5 Å². The highest BCUT2D eigenvalue weighted by atomic mass is 16.6. The maximum Gasteiger partial charge on any atom is 0.340 e. The molecular weight excluding hydrogens is 1110 g/mol. The molecule has 3 saturated carbocycles. The third kappa shape index (κ3) is 10.9. The number of hydrogen-bond donors (Lipinski definition) is 7. The summed E-state index contributed by atoms with van der Waals surface area (Å²) < 4.78 is 13.6. The van der Waals surface area contributed by atoms with Gasteiger partial charge in [0.25, 0.3) is 0 Å². The van der Waals surface area contributed by atoms with Gasteiger partial charge < -0.3 is 50.9 Å².